The summed E-state index contributed by atoms with van der Waals surface area (Å²) in [6, 6.07) is 13.7. The highest BCUT2D eigenvalue weighted by Gasteiger charge is 2.29. The lowest BCUT2D eigenvalue weighted by Crippen LogP contribution is -2.42. The van der Waals surface area contributed by atoms with Crippen LogP contribution in [0.2, 0.25) is 0 Å². The molecule has 1 aliphatic rings. The third kappa shape index (κ3) is 5.66. The third-order valence-corrected chi connectivity index (χ3v) is 6.15. The highest BCUT2D eigenvalue weighted by Crippen LogP contribution is 2.24. The van der Waals surface area contributed by atoms with Gasteiger partial charge in [0.1, 0.15) is 5.82 Å². The van der Waals surface area contributed by atoms with Crippen LogP contribution < -0.4 is 11.1 Å². The fraction of sp³-hybridized carbons (Fsp3) is 0.261. The summed E-state index contributed by atoms with van der Waals surface area (Å²) in [6.45, 7) is 0.993. The molecule has 11 heteroatoms. The molecule has 34 heavy (non-hydrogen) atoms. The Morgan fingerprint density at radius 1 is 1.18 bits per heavy atom. The second kappa shape index (κ2) is 10.6. The summed E-state index contributed by atoms with van der Waals surface area (Å²) in [4.78, 5) is 31.3. The summed E-state index contributed by atoms with van der Waals surface area (Å²) in [7, 11) is 0. The molecule has 0 bridgehead atoms. The standard InChI is InChI=1S/C23H22BrFN6O3/c24-17-13-16(6-7-18(17)25)27-21(26)20-22(30-34-29-20)28-23(33)15-8-10-31(11-9-15)19(32)12-14-4-2-1-3-5-14/h1-7,13,15H,8-12H2,(H2,26,27)(H,28,30,33). The molecule has 0 atom stereocenters. The molecule has 9 nitrogen and oxygen atoms in total. The summed E-state index contributed by atoms with van der Waals surface area (Å²) in [6.07, 6.45) is 1.40. The minimum atomic E-state index is -0.429. The Morgan fingerprint density at radius 3 is 2.62 bits per heavy atom. The summed E-state index contributed by atoms with van der Waals surface area (Å²) >= 11 is 3.09. The van der Waals surface area contributed by atoms with Crippen LogP contribution in [0.5, 0.6) is 0 Å². The number of aromatic nitrogens is 2. The molecule has 0 radical (unpaired) electrons. The Bertz CT molecular complexity index is 1210. The molecular formula is C23H22BrFN6O3. The Labute approximate surface area is 203 Å². The second-order valence-electron chi connectivity index (χ2n) is 7.86. The molecule has 0 spiro atoms. The van der Waals surface area contributed by atoms with E-state index >= 15 is 0 Å². The number of carbonyl (C=O) groups is 2. The van der Waals surface area contributed by atoms with E-state index in [0.29, 0.717) is 38.0 Å². The first-order valence-electron chi connectivity index (χ1n) is 10.7. The lowest BCUT2D eigenvalue weighted by molar-refractivity contribution is -0.133. The Balaban J connectivity index is 1.34. The van der Waals surface area contributed by atoms with Crippen molar-refractivity contribution in [2.75, 3.05) is 18.4 Å². The lowest BCUT2D eigenvalue weighted by Gasteiger charge is -2.31. The number of amidine groups is 1. The number of hydrogen-bond acceptors (Lipinski definition) is 6. The Kier molecular flexibility index (Phi) is 7.31. The van der Waals surface area contributed by atoms with Crippen molar-refractivity contribution < 1.29 is 18.6 Å². The molecule has 2 aromatic carbocycles. The van der Waals surface area contributed by atoms with Crippen molar-refractivity contribution in [1.82, 2.24) is 15.2 Å². The molecular weight excluding hydrogens is 507 g/mol. The van der Waals surface area contributed by atoms with Crippen molar-refractivity contribution >= 4 is 45.1 Å². The van der Waals surface area contributed by atoms with Crippen LogP contribution in [0.25, 0.3) is 0 Å². The van der Waals surface area contributed by atoms with Crippen LogP contribution in [0.15, 0.2) is 62.6 Å². The van der Waals surface area contributed by atoms with Gasteiger partial charge in [-0.05, 0) is 62.8 Å². The zero-order valence-electron chi connectivity index (χ0n) is 18.1. The minimum absolute atomic E-state index is 0.0450. The van der Waals surface area contributed by atoms with Crippen molar-refractivity contribution in [2.24, 2.45) is 16.6 Å². The quantitative estimate of drug-likeness (QED) is 0.372. The molecule has 1 saturated heterocycles. The van der Waals surface area contributed by atoms with E-state index in [2.05, 4.69) is 36.6 Å². The summed E-state index contributed by atoms with van der Waals surface area (Å²) < 4.78 is 18.4. The maximum atomic E-state index is 13.4. The number of benzene rings is 2. The van der Waals surface area contributed by atoms with Gasteiger partial charge >= 0.3 is 0 Å². The molecule has 1 aromatic heterocycles. The largest absolute Gasteiger partial charge is 0.382 e. The predicted molar refractivity (Wildman–Crippen MR) is 127 cm³/mol. The zero-order chi connectivity index (χ0) is 24.1. The zero-order valence-corrected chi connectivity index (χ0v) is 19.7. The van der Waals surface area contributed by atoms with Gasteiger partial charge in [0.25, 0.3) is 0 Å². The number of anilines is 1. The number of likely N-dealkylation sites (tertiary alicyclic amines) is 1. The SMILES string of the molecule is NC(=Nc1ccc(F)c(Br)c1)c1nonc1NC(=O)C1CCN(C(=O)Cc2ccccc2)CC1. The van der Waals surface area contributed by atoms with Crippen LogP contribution in [0.4, 0.5) is 15.9 Å². The normalized spacial score (nSPS) is 14.8. The molecule has 1 aliphatic heterocycles. The first kappa shape index (κ1) is 23.6. The Hall–Kier alpha value is -3.60. The molecule has 2 amide bonds. The highest BCUT2D eigenvalue weighted by atomic mass is 79.9. The molecule has 0 aliphatic carbocycles. The molecule has 176 valence electrons. The van der Waals surface area contributed by atoms with E-state index in [-0.39, 0.29) is 39.6 Å². The monoisotopic (exact) mass is 528 g/mol. The number of nitrogens with one attached hydrogen (secondary N) is 1. The van der Waals surface area contributed by atoms with E-state index in [1.165, 1.54) is 18.2 Å². The van der Waals surface area contributed by atoms with E-state index in [0.717, 1.165) is 5.56 Å². The van der Waals surface area contributed by atoms with Gasteiger partial charge in [-0.2, -0.15) is 0 Å². The van der Waals surface area contributed by atoms with Crippen molar-refractivity contribution in [3.63, 3.8) is 0 Å². The molecule has 1 fully saturated rings. The fourth-order valence-corrected chi connectivity index (χ4v) is 4.04. The van der Waals surface area contributed by atoms with Crippen LogP contribution in [-0.2, 0) is 16.0 Å². The molecule has 2 heterocycles. The van der Waals surface area contributed by atoms with Crippen LogP contribution in [0.3, 0.4) is 0 Å². The predicted octanol–water partition coefficient (Wildman–Crippen LogP) is 3.43. The number of nitrogens with two attached hydrogens (primary N) is 1. The van der Waals surface area contributed by atoms with Crippen molar-refractivity contribution in [1.29, 1.82) is 0 Å². The van der Waals surface area contributed by atoms with Gasteiger partial charge in [-0.25, -0.2) is 14.0 Å². The number of rotatable bonds is 6. The second-order valence-corrected chi connectivity index (χ2v) is 8.72. The highest BCUT2D eigenvalue weighted by molar-refractivity contribution is 9.10. The number of piperidine rings is 1. The molecule has 3 N–H and O–H groups in total. The number of hydrogen-bond donors (Lipinski definition) is 2. The lowest BCUT2D eigenvalue weighted by atomic mass is 9.95. The average Bonchev–Trinajstić information content (AvgIpc) is 3.30. The van der Waals surface area contributed by atoms with Crippen molar-refractivity contribution in [2.45, 2.75) is 19.3 Å². The van der Waals surface area contributed by atoms with E-state index in [4.69, 9.17) is 10.4 Å². The van der Waals surface area contributed by atoms with E-state index in [1.807, 2.05) is 30.3 Å². The van der Waals surface area contributed by atoms with Crippen LogP contribution in [-0.4, -0.2) is 46.0 Å². The van der Waals surface area contributed by atoms with Gasteiger partial charge in [0.2, 0.25) is 17.6 Å². The van der Waals surface area contributed by atoms with Gasteiger partial charge in [0, 0.05) is 19.0 Å². The molecule has 4 rings (SSSR count). The first-order chi connectivity index (χ1) is 16.4. The van der Waals surface area contributed by atoms with Gasteiger partial charge in [-0.3, -0.25) is 9.59 Å². The number of carbonyl (C=O) groups excluding carboxylic acids is 2. The Morgan fingerprint density at radius 2 is 1.91 bits per heavy atom. The number of amides is 2. The van der Waals surface area contributed by atoms with Gasteiger partial charge in [0.05, 0.1) is 16.6 Å². The smallest absolute Gasteiger partial charge is 0.228 e. The van der Waals surface area contributed by atoms with Gasteiger partial charge in [0.15, 0.2) is 11.5 Å². The summed E-state index contributed by atoms with van der Waals surface area (Å²) in [5.74, 6) is -0.932. The fourth-order valence-electron chi connectivity index (χ4n) is 3.68. The number of halogens is 2. The van der Waals surface area contributed by atoms with E-state index in [1.54, 1.807) is 4.90 Å². The first-order valence-corrected chi connectivity index (χ1v) is 11.4. The van der Waals surface area contributed by atoms with Crippen LogP contribution in [0.1, 0.15) is 24.1 Å². The van der Waals surface area contributed by atoms with Crippen molar-refractivity contribution in [3.05, 3.63) is 70.1 Å². The average molecular weight is 529 g/mol. The third-order valence-electron chi connectivity index (χ3n) is 5.54. The van der Waals surface area contributed by atoms with E-state index in [9.17, 15) is 14.0 Å². The van der Waals surface area contributed by atoms with Crippen LogP contribution >= 0.6 is 15.9 Å². The molecule has 0 saturated carbocycles. The maximum absolute atomic E-state index is 13.4. The van der Waals surface area contributed by atoms with Gasteiger partial charge in [-0.1, -0.05) is 30.3 Å². The minimum Gasteiger partial charge on any atom is -0.382 e. The summed E-state index contributed by atoms with van der Waals surface area (Å²) in [5.41, 5.74) is 7.44. The topological polar surface area (TPSA) is 127 Å². The molecule has 0 unspecified atom stereocenters. The number of aliphatic imine (C=N–C) groups is 1. The number of nitrogens with zero attached hydrogens (tertiary/aromatic N) is 4. The molecule has 3 aromatic rings. The van der Waals surface area contributed by atoms with E-state index < -0.39 is 5.82 Å². The van der Waals surface area contributed by atoms with Gasteiger partial charge < -0.3 is 16.0 Å². The maximum Gasteiger partial charge on any atom is 0.228 e. The van der Waals surface area contributed by atoms with Gasteiger partial charge in [-0.15, -0.1) is 0 Å². The van der Waals surface area contributed by atoms with Crippen LogP contribution in [0, 0.1) is 11.7 Å². The summed E-state index contributed by atoms with van der Waals surface area (Å²) in [5, 5.41) is 10.1. The van der Waals surface area contributed by atoms with Crippen molar-refractivity contribution in [3.8, 4) is 0 Å².